The zero-order chi connectivity index (χ0) is 19.4. The molecule has 2 heteroatoms. The van der Waals surface area contributed by atoms with Crippen molar-refractivity contribution in [3.8, 4) is 0 Å². The van der Waals surface area contributed by atoms with Gasteiger partial charge in [0, 0.05) is 17.8 Å². The van der Waals surface area contributed by atoms with Crippen molar-refractivity contribution < 1.29 is 4.79 Å². The molecule has 0 saturated carbocycles. The molecule has 0 aromatic heterocycles. The van der Waals surface area contributed by atoms with E-state index in [0.29, 0.717) is 0 Å². The van der Waals surface area contributed by atoms with Crippen molar-refractivity contribution in [3.63, 3.8) is 0 Å². The predicted octanol–water partition coefficient (Wildman–Crippen LogP) is 7.95. The van der Waals surface area contributed by atoms with Crippen molar-refractivity contribution in [2.45, 2.75) is 96.8 Å². The van der Waals surface area contributed by atoms with Gasteiger partial charge in [-0.05, 0) is 56.4 Å². The van der Waals surface area contributed by atoms with Crippen LogP contribution < -0.4 is 5.32 Å². The Morgan fingerprint density at radius 3 is 1.78 bits per heavy atom. The van der Waals surface area contributed by atoms with E-state index in [0.717, 1.165) is 24.1 Å². The first-order valence-electron chi connectivity index (χ1n) is 11.3. The molecule has 0 aliphatic rings. The van der Waals surface area contributed by atoms with Crippen molar-refractivity contribution >= 4 is 12.0 Å². The Morgan fingerprint density at radius 2 is 1.22 bits per heavy atom. The quantitative estimate of drug-likeness (QED) is 0.161. The fourth-order valence-corrected chi connectivity index (χ4v) is 3.28. The van der Waals surface area contributed by atoms with Gasteiger partial charge < -0.3 is 5.32 Å². The van der Waals surface area contributed by atoms with Crippen LogP contribution in [0, 0.1) is 0 Å². The molecule has 0 aliphatic heterocycles. The van der Waals surface area contributed by atoms with E-state index in [2.05, 4.69) is 24.4 Å². The van der Waals surface area contributed by atoms with Gasteiger partial charge in [0.1, 0.15) is 6.29 Å². The summed E-state index contributed by atoms with van der Waals surface area (Å²) in [6, 6.07) is 7.67. The molecule has 1 aromatic rings. The van der Waals surface area contributed by atoms with Gasteiger partial charge in [0.25, 0.3) is 0 Å². The summed E-state index contributed by atoms with van der Waals surface area (Å²) in [4.78, 5) is 10.6. The minimum atomic E-state index is 0.734. The number of rotatable bonds is 18. The Labute approximate surface area is 167 Å². The summed E-state index contributed by atoms with van der Waals surface area (Å²) < 4.78 is 0. The molecule has 1 aromatic carbocycles. The van der Waals surface area contributed by atoms with Crippen LogP contribution in [-0.2, 0) is 0 Å². The van der Waals surface area contributed by atoms with Gasteiger partial charge in [-0.15, -0.1) is 0 Å². The summed E-state index contributed by atoms with van der Waals surface area (Å²) in [5, 5.41) is 3.42. The molecule has 2 nitrogen and oxygen atoms in total. The van der Waals surface area contributed by atoms with Gasteiger partial charge in [-0.25, -0.2) is 0 Å². The Hall–Kier alpha value is -1.57. The summed E-state index contributed by atoms with van der Waals surface area (Å²) in [5.74, 6) is 0. The van der Waals surface area contributed by atoms with Crippen molar-refractivity contribution in [1.29, 1.82) is 0 Å². The van der Waals surface area contributed by atoms with E-state index in [4.69, 9.17) is 0 Å². The van der Waals surface area contributed by atoms with Crippen molar-refractivity contribution in [2.24, 2.45) is 0 Å². The normalized spacial score (nSPS) is 11.1. The fourth-order valence-electron chi connectivity index (χ4n) is 3.28. The van der Waals surface area contributed by atoms with Crippen LogP contribution in [0.4, 0.5) is 5.69 Å². The zero-order valence-electron chi connectivity index (χ0n) is 17.6. The number of nitrogens with one attached hydrogen (secondary N) is 1. The molecule has 0 atom stereocenters. The molecule has 0 heterocycles. The molecule has 0 radical (unpaired) electrons. The van der Waals surface area contributed by atoms with E-state index in [1.807, 2.05) is 24.3 Å². The summed E-state index contributed by atoms with van der Waals surface area (Å²) in [7, 11) is 0. The lowest BCUT2D eigenvalue weighted by Gasteiger charge is -2.06. The largest absolute Gasteiger partial charge is 0.385 e. The third-order valence-corrected chi connectivity index (χ3v) is 5.06. The molecule has 0 saturated heterocycles. The van der Waals surface area contributed by atoms with E-state index in [9.17, 15) is 4.79 Å². The highest BCUT2D eigenvalue weighted by molar-refractivity contribution is 5.75. The number of hydrogen-bond donors (Lipinski definition) is 1. The summed E-state index contributed by atoms with van der Waals surface area (Å²) >= 11 is 0. The van der Waals surface area contributed by atoms with Crippen LogP contribution in [-0.4, -0.2) is 12.8 Å². The van der Waals surface area contributed by atoms with Gasteiger partial charge in [0.2, 0.25) is 0 Å². The summed E-state index contributed by atoms with van der Waals surface area (Å²) in [6.07, 6.45) is 24.5. The van der Waals surface area contributed by atoms with Gasteiger partial charge in [-0.2, -0.15) is 0 Å². The number of carbonyl (C=O) groups is 1. The zero-order valence-corrected chi connectivity index (χ0v) is 17.6. The SMILES string of the molecule is CCCCCCCC/C=C/CCCCCCCCNc1ccc(C=O)cc1. The van der Waals surface area contributed by atoms with Crippen molar-refractivity contribution in [2.75, 3.05) is 11.9 Å². The highest BCUT2D eigenvalue weighted by atomic mass is 16.1. The highest BCUT2D eigenvalue weighted by Gasteiger charge is 1.94. The maximum atomic E-state index is 10.6. The molecule has 27 heavy (non-hydrogen) atoms. The van der Waals surface area contributed by atoms with Crippen LogP contribution in [0.2, 0.25) is 0 Å². The second kappa shape index (κ2) is 17.8. The average molecular weight is 372 g/mol. The first-order valence-corrected chi connectivity index (χ1v) is 11.3. The molecule has 0 spiro atoms. The van der Waals surface area contributed by atoms with Crippen LogP contribution in [0.5, 0.6) is 0 Å². The molecule has 0 bridgehead atoms. The highest BCUT2D eigenvalue weighted by Crippen LogP contribution is 2.11. The lowest BCUT2D eigenvalue weighted by Crippen LogP contribution is -2.01. The number of aldehydes is 1. The first kappa shape index (κ1) is 23.5. The molecular formula is C25H41NO. The van der Waals surface area contributed by atoms with Crippen LogP contribution in [0.1, 0.15) is 107 Å². The second-order valence-electron chi connectivity index (χ2n) is 7.60. The number of unbranched alkanes of at least 4 members (excludes halogenated alkanes) is 12. The molecular weight excluding hydrogens is 330 g/mol. The molecule has 0 amide bonds. The predicted molar refractivity (Wildman–Crippen MR) is 120 cm³/mol. The van der Waals surface area contributed by atoms with Crippen molar-refractivity contribution in [1.82, 2.24) is 0 Å². The standard InChI is InChI=1S/C25H41NO/c1-2-3-4-5-6-7-8-9-10-11-12-13-14-15-16-17-22-26-25-20-18-24(23-27)19-21-25/h9-10,18-21,23,26H,2-8,11-17,22H2,1H3/b10-9+. The second-order valence-corrected chi connectivity index (χ2v) is 7.60. The maximum Gasteiger partial charge on any atom is 0.150 e. The Kier molecular flexibility index (Phi) is 15.5. The fraction of sp³-hybridized carbons (Fsp3) is 0.640. The molecule has 1 rings (SSSR count). The van der Waals surface area contributed by atoms with Gasteiger partial charge in [0.15, 0.2) is 0 Å². The Balaban J connectivity index is 1.80. The lowest BCUT2D eigenvalue weighted by molar-refractivity contribution is 0.112. The lowest BCUT2D eigenvalue weighted by atomic mass is 10.1. The number of carbonyl (C=O) groups excluding carboxylic acids is 1. The maximum absolute atomic E-state index is 10.6. The Bertz CT molecular complexity index is 478. The van der Waals surface area contributed by atoms with Crippen LogP contribution in [0.15, 0.2) is 36.4 Å². The molecule has 0 unspecified atom stereocenters. The van der Waals surface area contributed by atoms with Crippen LogP contribution in [0.3, 0.4) is 0 Å². The van der Waals surface area contributed by atoms with Crippen LogP contribution >= 0.6 is 0 Å². The topological polar surface area (TPSA) is 29.1 Å². The van der Waals surface area contributed by atoms with Crippen molar-refractivity contribution in [3.05, 3.63) is 42.0 Å². The summed E-state index contributed by atoms with van der Waals surface area (Å²) in [6.45, 7) is 3.29. The van der Waals surface area contributed by atoms with E-state index in [1.165, 1.54) is 89.9 Å². The molecule has 152 valence electrons. The van der Waals surface area contributed by atoms with Crippen LogP contribution in [0.25, 0.3) is 0 Å². The van der Waals surface area contributed by atoms with E-state index in [-0.39, 0.29) is 0 Å². The number of hydrogen-bond acceptors (Lipinski definition) is 2. The minimum absolute atomic E-state index is 0.734. The van der Waals surface area contributed by atoms with Gasteiger partial charge in [0.05, 0.1) is 0 Å². The smallest absolute Gasteiger partial charge is 0.150 e. The molecule has 0 fully saturated rings. The monoisotopic (exact) mass is 371 g/mol. The molecule has 0 aliphatic carbocycles. The third kappa shape index (κ3) is 14.2. The van der Waals surface area contributed by atoms with Gasteiger partial charge in [-0.1, -0.05) is 76.9 Å². The number of anilines is 1. The van der Waals surface area contributed by atoms with E-state index in [1.54, 1.807) is 0 Å². The van der Waals surface area contributed by atoms with E-state index < -0.39 is 0 Å². The number of allylic oxidation sites excluding steroid dienone is 2. The molecule has 1 N–H and O–H groups in total. The first-order chi connectivity index (χ1) is 13.4. The number of benzene rings is 1. The van der Waals surface area contributed by atoms with Gasteiger partial charge in [-0.3, -0.25) is 4.79 Å². The minimum Gasteiger partial charge on any atom is -0.385 e. The average Bonchev–Trinajstić information content (AvgIpc) is 2.70. The Morgan fingerprint density at radius 1 is 0.704 bits per heavy atom. The van der Waals surface area contributed by atoms with Gasteiger partial charge >= 0.3 is 0 Å². The third-order valence-electron chi connectivity index (χ3n) is 5.06. The van der Waals surface area contributed by atoms with E-state index >= 15 is 0 Å². The summed E-state index contributed by atoms with van der Waals surface area (Å²) in [5.41, 5.74) is 1.84.